The number of piperidine rings is 1. The molecule has 0 bridgehead atoms. The van der Waals surface area contributed by atoms with Gasteiger partial charge in [0.1, 0.15) is 0 Å². The van der Waals surface area contributed by atoms with Gasteiger partial charge in [-0.2, -0.15) is 0 Å². The molecule has 1 rings (SSSR count). The zero-order valence-corrected chi connectivity index (χ0v) is 10.8. The van der Waals surface area contributed by atoms with E-state index in [1.165, 1.54) is 11.4 Å². The van der Waals surface area contributed by atoms with Gasteiger partial charge in [-0.15, -0.1) is 0 Å². The first kappa shape index (κ1) is 14.4. The fourth-order valence-electron chi connectivity index (χ4n) is 1.91. The van der Waals surface area contributed by atoms with Crippen LogP contribution in [0, 0.1) is 5.92 Å². The molecule has 1 fully saturated rings. The molecule has 6 nitrogen and oxygen atoms in total. The molecule has 17 heavy (non-hydrogen) atoms. The zero-order valence-electron chi connectivity index (χ0n) is 9.96. The van der Waals surface area contributed by atoms with Crippen LogP contribution in [0.3, 0.4) is 0 Å². The molecule has 0 amide bonds. The number of hydrogen-bond donors (Lipinski definition) is 1. The largest absolute Gasteiger partial charge is 0.481 e. The van der Waals surface area contributed by atoms with Crippen LogP contribution in [0.5, 0.6) is 0 Å². The second-order valence-corrected chi connectivity index (χ2v) is 6.29. The quantitative estimate of drug-likeness (QED) is 0.691. The Morgan fingerprint density at radius 2 is 2.24 bits per heavy atom. The van der Waals surface area contributed by atoms with Gasteiger partial charge < -0.3 is 9.84 Å². The Morgan fingerprint density at radius 1 is 1.53 bits per heavy atom. The minimum absolute atomic E-state index is 0.0210. The standard InChI is InChI=1S/C10H19NO5S/c1-16-6-3-7-17(14,15)11-5-2-4-9(8-11)10(12)13/h9H,2-8H2,1H3,(H,12,13). The van der Waals surface area contributed by atoms with Gasteiger partial charge in [0.15, 0.2) is 0 Å². The molecule has 1 aliphatic rings. The maximum Gasteiger partial charge on any atom is 0.307 e. The van der Waals surface area contributed by atoms with E-state index < -0.39 is 21.9 Å². The lowest BCUT2D eigenvalue weighted by Crippen LogP contribution is -2.43. The summed E-state index contributed by atoms with van der Waals surface area (Å²) in [5.41, 5.74) is 0. The van der Waals surface area contributed by atoms with E-state index in [1.54, 1.807) is 0 Å². The summed E-state index contributed by atoms with van der Waals surface area (Å²) in [5.74, 6) is -1.46. The molecule has 7 heteroatoms. The number of rotatable bonds is 6. The number of sulfonamides is 1. The van der Waals surface area contributed by atoms with Crippen LogP contribution in [0.2, 0.25) is 0 Å². The van der Waals surface area contributed by atoms with Crippen molar-refractivity contribution in [1.29, 1.82) is 0 Å². The number of carboxylic acid groups (broad SMARTS) is 1. The highest BCUT2D eigenvalue weighted by Gasteiger charge is 2.31. The molecule has 0 saturated carbocycles. The molecule has 1 N–H and O–H groups in total. The Kier molecular flexibility index (Phi) is 5.35. The number of aliphatic carboxylic acids is 1. The molecule has 1 aliphatic heterocycles. The van der Waals surface area contributed by atoms with Crippen molar-refractivity contribution in [2.24, 2.45) is 5.92 Å². The van der Waals surface area contributed by atoms with Gasteiger partial charge in [-0.1, -0.05) is 0 Å². The van der Waals surface area contributed by atoms with Crippen molar-refractivity contribution in [2.45, 2.75) is 19.3 Å². The van der Waals surface area contributed by atoms with Crippen LogP contribution in [0.1, 0.15) is 19.3 Å². The van der Waals surface area contributed by atoms with Crippen LogP contribution in [0.15, 0.2) is 0 Å². The van der Waals surface area contributed by atoms with Gasteiger partial charge in [-0.25, -0.2) is 12.7 Å². The van der Waals surface area contributed by atoms with Gasteiger partial charge >= 0.3 is 5.97 Å². The lowest BCUT2D eigenvalue weighted by atomic mass is 10.0. The molecule has 0 spiro atoms. The summed E-state index contributed by atoms with van der Waals surface area (Å²) in [6, 6.07) is 0. The number of carboxylic acids is 1. The van der Waals surface area contributed by atoms with Crippen molar-refractivity contribution >= 4 is 16.0 Å². The lowest BCUT2D eigenvalue weighted by Gasteiger charge is -2.29. The van der Waals surface area contributed by atoms with Crippen LogP contribution in [-0.4, -0.2) is 56.4 Å². The fraction of sp³-hybridized carbons (Fsp3) is 0.900. The summed E-state index contributed by atoms with van der Waals surface area (Å²) in [4.78, 5) is 10.8. The molecule has 1 heterocycles. The van der Waals surface area contributed by atoms with Gasteiger partial charge in [0.2, 0.25) is 10.0 Å². The molecule has 0 aliphatic carbocycles. The average Bonchev–Trinajstić information content (AvgIpc) is 2.29. The van der Waals surface area contributed by atoms with Gasteiger partial charge in [0.05, 0.1) is 11.7 Å². The summed E-state index contributed by atoms with van der Waals surface area (Å²) >= 11 is 0. The average molecular weight is 265 g/mol. The molecule has 0 aromatic carbocycles. The Bertz CT molecular complexity index is 354. The van der Waals surface area contributed by atoms with Crippen molar-refractivity contribution in [3.05, 3.63) is 0 Å². The summed E-state index contributed by atoms with van der Waals surface area (Å²) in [6.45, 7) is 0.930. The van der Waals surface area contributed by atoms with Crippen molar-refractivity contribution in [3.8, 4) is 0 Å². The third kappa shape index (κ3) is 4.25. The first-order chi connectivity index (χ1) is 7.97. The van der Waals surface area contributed by atoms with Gasteiger partial charge in [0, 0.05) is 26.8 Å². The van der Waals surface area contributed by atoms with Crippen LogP contribution in [-0.2, 0) is 19.6 Å². The third-order valence-corrected chi connectivity index (χ3v) is 4.80. The van der Waals surface area contributed by atoms with Crippen LogP contribution >= 0.6 is 0 Å². The van der Waals surface area contributed by atoms with Gasteiger partial charge in [-0.05, 0) is 19.3 Å². The van der Waals surface area contributed by atoms with Crippen LogP contribution in [0.25, 0.3) is 0 Å². The second kappa shape index (κ2) is 6.32. The summed E-state index contributed by atoms with van der Waals surface area (Å²) < 4.78 is 29.9. The fourth-order valence-corrected chi connectivity index (χ4v) is 3.47. The Hall–Kier alpha value is -0.660. The Morgan fingerprint density at radius 3 is 2.82 bits per heavy atom. The van der Waals surface area contributed by atoms with Crippen molar-refractivity contribution in [3.63, 3.8) is 0 Å². The predicted molar refractivity (Wildman–Crippen MR) is 62.2 cm³/mol. The molecule has 1 unspecified atom stereocenters. The monoisotopic (exact) mass is 265 g/mol. The molecule has 0 aromatic heterocycles. The van der Waals surface area contributed by atoms with Gasteiger partial charge in [-0.3, -0.25) is 4.79 Å². The Balaban J connectivity index is 2.55. The summed E-state index contributed by atoms with van der Waals surface area (Å²) in [6.07, 6.45) is 1.60. The normalized spacial score (nSPS) is 22.5. The first-order valence-corrected chi connectivity index (χ1v) is 7.28. The SMILES string of the molecule is COCCCS(=O)(=O)N1CCCC(C(=O)O)C1. The molecule has 0 radical (unpaired) electrons. The second-order valence-electron chi connectivity index (χ2n) is 4.20. The smallest absolute Gasteiger partial charge is 0.307 e. The summed E-state index contributed by atoms with van der Waals surface area (Å²) in [7, 11) is -1.81. The van der Waals surface area contributed by atoms with Crippen LogP contribution < -0.4 is 0 Å². The number of ether oxygens (including phenoxy) is 1. The number of nitrogens with zero attached hydrogens (tertiary/aromatic N) is 1. The van der Waals surface area contributed by atoms with E-state index in [-0.39, 0.29) is 12.3 Å². The van der Waals surface area contributed by atoms with Crippen molar-refractivity contribution < 1.29 is 23.1 Å². The van der Waals surface area contributed by atoms with E-state index in [0.29, 0.717) is 32.4 Å². The molecular formula is C10H19NO5S. The predicted octanol–water partition coefficient (Wildman–Crippen LogP) is 0.149. The number of carbonyl (C=O) groups is 1. The van der Waals surface area contributed by atoms with E-state index in [0.717, 1.165) is 0 Å². The van der Waals surface area contributed by atoms with E-state index in [1.807, 2.05) is 0 Å². The molecular weight excluding hydrogens is 246 g/mol. The lowest BCUT2D eigenvalue weighted by molar-refractivity contribution is -0.142. The zero-order chi connectivity index (χ0) is 12.9. The van der Waals surface area contributed by atoms with E-state index in [2.05, 4.69) is 0 Å². The maximum absolute atomic E-state index is 11.9. The summed E-state index contributed by atoms with van der Waals surface area (Å²) in [5, 5.41) is 8.89. The van der Waals surface area contributed by atoms with E-state index >= 15 is 0 Å². The highest BCUT2D eigenvalue weighted by Crippen LogP contribution is 2.19. The van der Waals surface area contributed by atoms with Gasteiger partial charge in [0.25, 0.3) is 0 Å². The minimum Gasteiger partial charge on any atom is -0.481 e. The van der Waals surface area contributed by atoms with Crippen molar-refractivity contribution in [1.82, 2.24) is 4.31 Å². The van der Waals surface area contributed by atoms with Crippen molar-refractivity contribution in [2.75, 3.05) is 32.6 Å². The highest BCUT2D eigenvalue weighted by molar-refractivity contribution is 7.89. The maximum atomic E-state index is 11.9. The van der Waals surface area contributed by atoms with E-state index in [9.17, 15) is 13.2 Å². The third-order valence-electron chi connectivity index (χ3n) is 2.88. The van der Waals surface area contributed by atoms with Crippen LogP contribution in [0.4, 0.5) is 0 Å². The van der Waals surface area contributed by atoms with E-state index in [4.69, 9.17) is 9.84 Å². The topological polar surface area (TPSA) is 83.9 Å². The molecule has 1 saturated heterocycles. The minimum atomic E-state index is -3.33. The molecule has 0 aromatic rings. The number of hydrogen-bond acceptors (Lipinski definition) is 4. The first-order valence-electron chi connectivity index (χ1n) is 5.67. The Labute approximate surface area is 102 Å². The highest BCUT2D eigenvalue weighted by atomic mass is 32.2. The number of methoxy groups -OCH3 is 1. The molecule has 100 valence electrons. The molecule has 1 atom stereocenters.